The SMILES string of the molecule is CC(C)=C1C(C2=CC(CCO[Si](C)(C)C)=CC2)=[C-]c2ccccc21.[Cl-].[Cl-].[Zr+3]. The van der Waals surface area contributed by atoms with E-state index in [0.29, 0.717) is 0 Å². The molecule has 0 N–H and O–H groups in total. The number of halogens is 2. The van der Waals surface area contributed by atoms with Gasteiger partial charge in [-0.25, -0.2) is 0 Å². The van der Waals surface area contributed by atoms with Crippen molar-refractivity contribution in [3.8, 4) is 0 Å². The van der Waals surface area contributed by atoms with E-state index in [0.717, 1.165) is 19.4 Å². The first-order valence-electron chi connectivity index (χ1n) is 8.80. The van der Waals surface area contributed by atoms with Crippen molar-refractivity contribution >= 4 is 13.9 Å². The average molecular weight is 498 g/mol. The molecule has 0 spiro atoms. The van der Waals surface area contributed by atoms with Gasteiger partial charge in [-0.15, -0.1) is 45.6 Å². The van der Waals surface area contributed by atoms with Crippen molar-refractivity contribution in [3.63, 3.8) is 0 Å². The summed E-state index contributed by atoms with van der Waals surface area (Å²) in [7, 11) is -1.41. The smallest absolute Gasteiger partial charge is 1.00 e. The first-order chi connectivity index (χ1) is 11.3. The summed E-state index contributed by atoms with van der Waals surface area (Å²) < 4.78 is 6.00. The Bertz CT molecular complexity index is 782. The quantitative estimate of drug-likeness (QED) is 0.414. The van der Waals surface area contributed by atoms with Crippen LogP contribution in [-0.4, -0.2) is 14.9 Å². The molecule has 2 aliphatic rings. The van der Waals surface area contributed by atoms with Gasteiger partial charge < -0.3 is 29.2 Å². The van der Waals surface area contributed by atoms with Gasteiger partial charge in [0.05, 0.1) is 0 Å². The van der Waals surface area contributed by atoms with Crippen LogP contribution >= 0.6 is 0 Å². The zero-order valence-corrected chi connectivity index (χ0v) is 21.7. The topological polar surface area (TPSA) is 9.23 Å². The van der Waals surface area contributed by atoms with Gasteiger partial charge in [-0.2, -0.15) is 0 Å². The summed E-state index contributed by atoms with van der Waals surface area (Å²) in [6.07, 6.45) is 10.4. The normalized spacial score (nSPS) is 14.9. The maximum Gasteiger partial charge on any atom is 3.00 e. The molecule has 2 aliphatic carbocycles. The van der Waals surface area contributed by atoms with Crippen LogP contribution in [0.4, 0.5) is 0 Å². The Balaban J connectivity index is 0.00000225. The minimum Gasteiger partial charge on any atom is -1.00 e. The molecule has 0 aliphatic heterocycles. The van der Waals surface area contributed by atoms with Crippen LogP contribution in [-0.2, 0) is 30.6 Å². The molecule has 3 rings (SSSR count). The Kier molecular flexibility index (Phi) is 11.0. The fourth-order valence-electron chi connectivity index (χ4n) is 3.31. The van der Waals surface area contributed by atoms with E-state index in [4.69, 9.17) is 4.43 Å². The third kappa shape index (κ3) is 6.68. The molecule has 0 saturated carbocycles. The molecular formula is C22H27Cl2OSiZr. The van der Waals surface area contributed by atoms with Crippen molar-refractivity contribution in [2.75, 3.05) is 6.61 Å². The Morgan fingerprint density at radius 1 is 1.11 bits per heavy atom. The van der Waals surface area contributed by atoms with Gasteiger partial charge in [-0.05, 0) is 32.5 Å². The van der Waals surface area contributed by atoms with E-state index in [-0.39, 0.29) is 51.0 Å². The number of fused-ring (bicyclic) bond motifs is 1. The van der Waals surface area contributed by atoms with Gasteiger partial charge >= 0.3 is 26.2 Å². The third-order valence-electron chi connectivity index (χ3n) is 4.40. The molecule has 0 amide bonds. The molecule has 0 atom stereocenters. The van der Waals surface area contributed by atoms with Gasteiger partial charge in [0, 0.05) is 6.61 Å². The fourth-order valence-corrected chi connectivity index (χ4v) is 4.02. The van der Waals surface area contributed by atoms with Gasteiger partial charge in [0.1, 0.15) is 0 Å². The number of hydrogen-bond acceptors (Lipinski definition) is 1. The van der Waals surface area contributed by atoms with Crippen molar-refractivity contribution in [2.24, 2.45) is 0 Å². The van der Waals surface area contributed by atoms with Crippen LogP contribution in [0.15, 0.2) is 58.7 Å². The average Bonchev–Trinajstić information content (AvgIpc) is 3.09. The molecule has 0 aromatic heterocycles. The maximum absolute atomic E-state index is 6.00. The molecule has 5 heteroatoms. The summed E-state index contributed by atoms with van der Waals surface area (Å²) in [6, 6.07) is 8.59. The zero-order chi connectivity index (χ0) is 17.3. The molecule has 0 bridgehead atoms. The van der Waals surface area contributed by atoms with Crippen LogP contribution in [0.3, 0.4) is 0 Å². The van der Waals surface area contributed by atoms with Crippen molar-refractivity contribution in [1.82, 2.24) is 0 Å². The summed E-state index contributed by atoms with van der Waals surface area (Å²) in [5.74, 6) is 0. The van der Waals surface area contributed by atoms with Crippen LogP contribution in [0.5, 0.6) is 0 Å². The molecule has 1 aromatic rings. The summed E-state index contributed by atoms with van der Waals surface area (Å²) >= 11 is 0. The van der Waals surface area contributed by atoms with E-state index >= 15 is 0 Å². The molecule has 0 saturated heterocycles. The van der Waals surface area contributed by atoms with Gasteiger partial charge in [0.25, 0.3) is 0 Å². The molecule has 27 heavy (non-hydrogen) atoms. The Morgan fingerprint density at radius 2 is 1.78 bits per heavy atom. The molecular weight excluding hydrogens is 470 g/mol. The molecule has 1 aromatic carbocycles. The molecule has 0 fully saturated rings. The summed E-state index contributed by atoms with van der Waals surface area (Å²) in [4.78, 5) is 0. The minimum atomic E-state index is -1.41. The monoisotopic (exact) mass is 495 g/mol. The van der Waals surface area contributed by atoms with E-state index in [1.54, 1.807) is 0 Å². The number of allylic oxidation sites excluding steroid dienone is 6. The van der Waals surface area contributed by atoms with E-state index in [2.05, 4.69) is 76.0 Å². The number of benzene rings is 1. The predicted octanol–water partition coefficient (Wildman–Crippen LogP) is 0.0749. The summed E-state index contributed by atoms with van der Waals surface area (Å²) in [5, 5.41) is 0. The molecule has 143 valence electrons. The number of rotatable bonds is 5. The maximum atomic E-state index is 6.00. The second-order valence-electron chi connectivity index (χ2n) is 7.78. The molecule has 1 nitrogen and oxygen atoms in total. The van der Waals surface area contributed by atoms with Gasteiger partial charge in [0.15, 0.2) is 8.32 Å². The Morgan fingerprint density at radius 3 is 2.41 bits per heavy atom. The minimum absolute atomic E-state index is 0. The van der Waals surface area contributed by atoms with E-state index in [9.17, 15) is 0 Å². The van der Waals surface area contributed by atoms with Crippen LogP contribution in [0, 0.1) is 6.08 Å². The van der Waals surface area contributed by atoms with Crippen molar-refractivity contribution in [1.29, 1.82) is 0 Å². The Labute approximate surface area is 197 Å². The standard InChI is InChI=1S/C22H27OSi.2ClH.Zr/c1-16(2)22-20-9-7-6-8-18(20)15-21(22)19-11-10-17(14-19)12-13-23-24(3,4)5;;;/h6-10,14H,11-13H2,1-5H3;2*1H;/q-1;;;+3/p-2. The van der Waals surface area contributed by atoms with Crippen molar-refractivity contribution in [3.05, 3.63) is 75.9 Å². The zero-order valence-electron chi connectivity index (χ0n) is 16.7. The van der Waals surface area contributed by atoms with Crippen LogP contribution in [0.2, 0.25) is 19.6 Å². The largest absolute Gasteiger partial charge is 3.00 e. The fraction of sp³-hybridized carbons (Fsp3) is 0.364. The van der Waals surface area contributed by atoms with Crippen LogP contribution in [0.1, 0.15) is 37.8 Å². The second-order valence-corrected chi connectivity index (χ2v) is 12.3. The second kappa shape index (κ2) is 11.1. The summed E-state index contributed by atoms with van der Waals surface area (Å²) in [6.45, 7) is 12.0. The van der Waals surface area contributed by atoms with Crippen LogP contribution in [0.25, 0.3) is 5.57 Å². The summed E-state index contributed by atoms with van der Waals surface area (Å²) in [5.41, 5.74) is 9.35. The first-order valence-corrected chi connectivity index (χ1v) is 12.2. The van der Waals surface area contributed by atoms with Crippen molar-refractivity contribution in [2.45, 2.75) is 46.3 Å². The number of hydrogen-bond donors (Lipinski definition) is 0. The Hall–Kier alpha value is -0.180. The molecule has 0 heterocycles. The van der Waals surface area contributed by atoms with E-state index < -0.39 is 8.32 Å². The van der Waals surface area contributed by atoms with Crippen LogP contribution < -0.4 is 24.8 Å². The first kappa shape index (κ1) is 26.8. The molecule has 1 radical (unpaired) electrons. The van der Waals surface area contributed by atoms with Gasteiger partial charge in [0.2, 0.25) is 0 Å². The van der Waals surface area contributed by atoms with E-state index in [1.165, 1.54) is 39.0 Å². The van der Waals surface area contributed by atoms with Crippen molar-refractivity contribution < 1.29 is 55.4 Å². The van der Waals surface area contributed by atoms with Gasteiger partial charge in [-0.1, -0.05) is 49.8 Å². The molecule has 0 unspecified atom stereocenters. The third-order valence-corrected chi connectivity index (χ3v) is 5.47. The van der Waals surface area contributed by atoms with Gasteiger partial charge in [-0.3, -0.25) is 0 Å². The predicted molar refractivity (Wildman–Crippen MR) is 105 cm³/mol. The van der Waals surface area contributed by atoms with E-state index in [1.807, 2.05) is 0 Å².